The summed E-state index contributed by atoms with van der Waals surface area (Å²) in [6.45, 7) is -1.15. The van der Waals surface area contributed by atoms with Crippen molar-refractivity contribution in [2.75, 3.05) is 50.2 Å². The number of para-hydroxylation sites is 1. The molecule has 0 saturated heterocycles. The number of anilines is 1. The van der Waals surface area contributed by atoms with Crippen LogP contribution >= 0.6 is 11.8 Å². The number of carbonyl (C=O) groups is 4. The van der Waals surface area contributed by atoms with E-state index in [-0.39, 0.29) is 44.7 Å². The number of carboxylic acids is 1. The van der Waals surface area contributed by atoms with Crippen LogP contribution in [0.25, 0.3) is 22.3 Å². The van der Waals surface area contributed by atoms with Gasteiger partial charge < -0.3 is 29.4 Å². The minimum absolute atomic E-state index is 0.0224. The van der Waals surface area contributed by atoms with Crippen LogP contribution in [0.5, 0.6) is 5.75 Å². The first-order chi connectivity index (χ1) is 25.3. The number of fused-ring (bicyclic) bond motifs is 4. The monoisotopic (exact) mass is 723 g/mol. The van der Waals surface area contributed by atoms with Crippen LogP contribution in [-0.2, 0) is 32.1 Å². The molecule has 3 N–H and O–H groups in total. The third-order valence-electron chi connectivity index (χ3n) is 8.42. The Bertz CT molecular complexity index is 2030. The maximum Gasteiger partial charge on any atom is 0.407 e. The van der Waals surface area contributed by atoms with Gasteiger partial charge in [0.2, 0.25) is 11.9 Å². The number of nitrogens with zero attached hydrogens (tertiary/aromatic N) is 5. The number of aromatic nitrogens is 4. The zero-order chi connectivity index (χ0) is 36.5. The molecular formula is C37H37N7O7S. The zero-order valence-corrected chi connectivity index (χ0v) is 29.2. The Morgan fingerprint density at radius 3 is 2.33 bits per heavy atom. The van der Waals surface area contributed by atoms with Crippen molar-refractivity contribution in [2.45, 2.75) is 18.9 Å². The van der Waals surface area contributed by atoms with Crippen LogP contribution in [0.3, 0.4) is 0 Å². The fourth-order valence-corrected chi connectivity index (χ4v) is 6.41. The van der Waals surface area contributed by atoms with Crippen molar-refractivity contribution in [1.82, 2.24) is 29.7 Å². The van der Waals surface area contributed by atoms with E-state index >= 15 is 0 Å². The van der Waals surface area contributed by atoms with E-state index in [9.17, 15) is 24.3 Å². The van der Waals surface area contributed by atoms with Crippen molar-refractivity contribution >= 4 is 52.8 Å². The average Bonchev–Trinajstić information content (AvgIpc) is 3.70. The predicted molar refractivity (Wildman–Crippen MR) is 195 cm³/mol. The summed E-state index contributed by atoms with van der Waals surface area (Å²) in [5.74, 6) is -1.06. The van der Waals surface area contributed by atoms with E-state index in [2.05, 4.69) is 25.6 Å². The average molecular weight is 724 g/mol. The van der Waals surface area contributed by atoms with Gasteiger partial charge in [-0.25, -0.2) is 14.8 Å². The summed E-state index contributed by atoms with van der Waals surface area (Å²) in [7, 11) is 0. The number of benzene rings is 3. The van der Waals surface area contributed by atoms with E-state index in [0.29, 0.717) is 29.0 Å². The number of aliphatic carboxylic acids is 1. The maximum absolute atomic E-state index is 13.5. The van der Waals surface area contributed by atoms with E-state index in [1.807, 2.05) is 60.9 Å². The minimum atomic E-state index is -1.21. The number of hydrogen-bond acceptors (Lipinski definition) is 10. The van der Waals surface area contributed by atoms with Crippen molar-refractivity contribution in [2.24, 2.45) is 0 Å². The van der Waals surface area contributed by atoms with Crippen molar-refractivity contribution in [3.05, 3.63) is 102 Å². The quantitative estimate of drug-likeness (QED) is 0.133. The summed E-state index contributed by atoms with van der Waals surface area (Å²) >= 11 is 1.61. The number of hydrogen-bond donors (Lipinski definition) is 3. The molecule has 0 spiro atoms. The van der Waals surface area contributed by atoms with Crippen LogP contribution in [0.1, 0.15) is 22.7 Å². The molecule has 0 atom stereocenters. The zero-order valence-electron chi connectivity index (χ0n) is 28.4. The van der Waals surface area contributed by atoms with Gasteiger partial charge in [-0.3, -0.25) is 19.7 Å². The second-order valence-corrected chi connectivity index (χ2v) is 12.9. The molecule has 0 aliphatic heterocycles. The Kier molecular flexibility index (Phi) is 11.6. The summed E-state index contributed by atoms with van der Waals surface area (Å²) in [5.41, 5.74) is 5.72. The lowest BCUT2D eigenvalue weighted by Gasteiger charge is -2.21. The Morgan fingerprint density at radius 1 is 0.942 bits per heavy atom. The van der Waals surface area contributed by atoms with E-state index in [1.165, 1.54) is 10.9 Å². The van der Waals surface area contributed by atoms with Crippen LogP contribution in [0.15, 0.2) is 85.2 Å². The molecule has 2 aromatic heterocycles. The lowest BCUT2D eigenvalue weighted by Crippen LogP contribution is -2.42. The van der Waals surface area contributed by atoms with Crippen LogP contribution in [0.4, 0.5) is 10.7 Å². The third kappa shape index (κ3) is 8.66. The number of ether oxygens (including phenoxy) is 2. The lowest BCUT2D eigenvalue weighted by atomic mass is 9.98. The molecule has 1 aliphatic carbocycles. The van der Waals surface area contributed by atoms with Gasteiger partial charge in [-0.1, -0.05) is 66.7 Å². The SMILES string of the molecule is CSCCc1nc(NC(=O)COc2ccccc2)nc2c1ncn2CC(=O)N(CCNC(=O)OCC1c2ccccc2-c2ccccc21)CC(=O)O. The number of aryl methyl sites for hydroxylation is 1. The molecule has 0 saturated carbocycles. The topological polar surface area (TPSA) is 178 Å². The Morgan fingerprint density at radius 2 is 1.63 bits per heavy atom. The Balaban J connectivity index is 1.08. The molecule has 3 aromatic carbocycles. The standard InChI is InChI=1S/C37H37N7O7S/c1-52-18-15-30-34-35(42-36(40-30)41-31(45)22-50-24-9-3-2-4-10-24)44(23-39-34)19-32(46)43(20-33(47)48)17-16-38-37(49)51-21-29-27-13-7-5-11-25(27)26-12-6-8-14-28(26)29/h2-14,23,29H,15-22H2,1H3,(H,38,49)(H,47,48)(H,40,41,42,45). The molecule has 3 amide bonds. The highest BCUT2D eigenvalue weighted by Gasteiger charge is 2.29. The molecule has 15 heteroatoms. The summed E-state index contributed by atoms with van der Waals surface area (Å²) in [6.07, 6.45) is 3.24. The normalized spacial score (nSPS) is 11.8. The fraction of sp³-hybridized carbons (Fsp3) is 0.270. The second-order valence-electron chi connectivity index (χ2n) is 11.9. The lowest BCUT2D eigenvalue weighted by molar-refractivity contribution is -0.144. The maximum atomic E-state index is 13.5. The van der Waals surface area contributed by atoms with Gasteiger partial charge in [0, 0.05) is 25.4 Å². The molecule has 0 bridgehead atoms. The Hall–Kier alpha value is -5.96. The van der Waals surface area contributed by atoms with Crippen molar-refractivity contribution in [1.29, 1.82) is 0 Å². The first-order valence-electron chi connectivity index (χ1n) is 16.6. The van der Waals surface area contributed by atoms with E-state index in [1.54, 1.807) is 36.0 Å². The Labute approximate surface area is 303 Å². The van der Waals surface area contributed by atoms with E-state index < -0.39 is 30.4 Å². The number of alkyl carbamates (subject to hydrolysis) is 1. The van der Waals surface area contributed by atoms with Gasteiger partial charge in [0.25, 0.3) is 5.91 Å². The van der Waals surface area contributed by atoms with Crippen molar-refractivity contribution in [3.8, 4) is 16.9 Å². The van der Waals surface area contributed by atoms with E-state index in [0.717, 1.165) is 32.9 Å². The predicted octanol–water partition coefficient (Wildman–Crippen LogP) is 4.20. The molecule has 5 aromatic rings. The van der Waals surface area contributed by atoms with Gasteiger partial charge in [0.15, 0.2) is 12.3 Å². The van der Waals surface area contributed by atoms with Crippen molar-refractivity contribution in [3.63, 3.8) is 0 Å². The molecule has 14 nitrogen and oxygen atoms in total. The molecule has 268 valence electrons. The van der Waals surface area contributed by atoms with Crippen LogP contribution in [-0.4, -0.2) is 98.3 Å². The minimum Gasteiger partial charge on any atom is -0.484 e. The fourth-order valence-electron chi connectivity index (χ4n) is 6.02. The summed E-state index contributed by atoms with van der Waals surface area (Å²) in [5, 5.41) is 14.9. The first-order valence-corrected chi connectivity index (χ1v) is 18.0. The molecule has 0 fully saturated rings. The van der Waals surface area contributed by atoms with Gasteiger partial charge in [-0.15, -0.1) is 0 Å². The first kappa shape index (κ1) is 35.9. The van der Waals surface area contributed by atoms with Crippen LogP contribution in [0.2, 0.25) is 0 Å². The highest BCUT2D eigenvalue weighted by molar-refractivity contribution is 7.98. The molecule has 1 aliphatic rings. The van der Waals surface area contributed by atoms with Crippen molar-refractivity contribution < 1.29 is 33.8 Å². The van der Waals surface area contributed by atoms with Crippen LogP contribution in [0, 0.1) is 0 Å². The number of nitrogens with one attached hydrogen (secondary N) is 2. The third-order valence-corrected chi connectivity index (χ3v) is 9.03. The largest absolute Gasteiger partial charge is 0.484 e. The van der Waals surface area contributed by atoms with Gasteiger partial charge in [-0.2, -0.15) is 16.7 Å². The van der Waals surface area contributed by atoms with Gasteiger partial charge in [0.05, 0.1) is 12.0 Å². The van der Waals surface area contributed by atoms with E-state index in [4.69, 9.17) is 9.47 Å². The number of amides is 3. The second kappa shape index (κ2) is 16.8. The van der Waals surface area contributed by atoms with Gasteiger partial charge >= 0.3 is 12.1 Å². The number of imidazole rings is 1. The van der Waals surface area contributed by atoms with Crippen LogP contribution < -0.4 is 15.4 Å². The smallest absolute Gasteiger partial charge is 0.407 e. The number of rotatable bonds is 16. The summed E-state index contributed by atoms with van der Waals surface area (Å²) in [4.78, 5) is 65.1. The van der Waals surface area contributed by atoms with Gasteiger partial charge in [-0.05, 0) is 46.4 Å². The molecule has 6 rings (SSSR count). The summed E-state index contributed by atoms with van der Waals surface area (Å²) < 4.78 is 12.6. The summed E-state index contributed by atoms with van der Waals surface area (Å²) in [6, 6.07) is 24.9. The molecule has 2 heterocycles. The number of thioether (sulfide) groups is 1. The van der Waals surface area contributed by atoms with Gasteiger partial charge in [0.1, 0.15) is 31.0 Å². The number of carboxylic acid groups (broad SMARTS) is 1. The highest BCUT2D eigenvalue weighted by atomic mass is 32.2. The number of carbonyl (C=O) groups excluding carboxylic acids is 3. The molecular weight excluding hydrogens is 687 g/mol. The molecule has 0 radical (unpaired) electrons. The highest BCUT2D eigenvalue weighted by Crippen LogP contribution is 2.44. The molecule has 0 unspecified atom stereocenters. The molecule has 52 heavy (non-hydrogen) atoms.